The zero-order valence-corrected chi connectivity index (χ0v) is 13.8. The molecule has 0 fully saturated rings. The second kappa shape index (κ2) is 15.8. The van der Waals surface area contributed by atoms with Crippen molar-refractivity contribution in [2.24, 2.45) is 5.73 Å². The van der Waals surface area contributed by atoms with Gasteiger partial charge in [-0.25, -0.2) is 0 Å². The molecule has 0 aliphatic heterocycles. The Bertz CT molecular complexity index is 234. The summed E-state index contributed by atoms with van der Waals surface area (Å²) in [5.74, 6) is -0.996. The normalized spacial score (nSPS) is 12.5. The van der Waals surface area contributed by atoms with Crippen molar-refractivity contribution in [2.75, 3.05) is 13.2 Å². The fourth-order valence-electron chi connectivity index (χ4n) is 2.33. The van der Waals surface area contributed by atoms with Gasteiger partial charge in [0, 0.05) is 6.61 Å². The predicted molar refractivity (Wildman–Crippen MR) is 87.5 cm³/mol. The molecule has 4 nitrogen and oxygen atoms in total. The Balaban J connectivity index is 3.04. The van der Waals surface area contributed by atoms with E-state index in [0.29, 0.717) is 6.61 Å². The summed E-state index contributed by atoms with van der Waals surface area (Å²) in [7, 11) is 0. The summed E-state index contributed by atoms with van der Waals surface area (Å²) >= 11 is 0. The maximum absolute atomic E-state index is 10.5. The number of unbranched alkanes of at least 4 members (excludes halogenated alkanes) is 11. The highest BCUT2D eigenvalue weighted by atomic mass is 16.5. The van der Waals surface area contributed by atoms with Crippen LogP contribution in [0.3, 0.4) is 0 Å². The van der Waals surface area contributed by atoms with Gasteiger partial charge in [0.2, 0.25) is 0 Å². The molecule has 0 amide bonds. The second-order valence-corrected chi connectivity index (χ2v) is 5.91. The molecule has 0 rings (SSSR count). The predicted octanol–water partition coefficient (Wildman–Crippen LogP) is 4.12. The quantitative estimate of drug-likeness (QED) is 0.421. The van der Waals surface area contributed by atoms with Crippen molar-refractivity contribution in [3.63, 3.8) is 0 Å². The van der Waals surface area contributed by atoms with E-state index in [1.807, 2.05) is 0 Å². The monoisotopic (exact) mass is 301 g/mol. The Morgan fingerprint density at radius 2 is 1.33 bits per heavy atom. The van der Waals surface area contributed by atoms with Crippen LogP contribution in [0.2, 0.25) is 0 Å². The maximum Gasteiger partial charge on any atom is 0.322 e. The molecule has 0 radical (unpaired) electrons. The highest BCUT2D eigenvalue weighted by Gasteiger charge is 2.10. The molecule has 0 aliphatic carbocycles. The van der Waals surface area contributed by atoms with Gasteiger partial charge in [0.1, 0.15) is 6.04 Å². The van der Waals surface area contributed by atoms with E-state index in [0.717, 1.165) is 6.42 Å². The van der Waals surface area contributed by atoms with E-state index in [2.05, 4.69) is 6.92 Å². The minimum absolute atomic E-state index is 0.118. The van der Waals surface area contributed by atoms with Crippen LogP contribution in [0, 0.1) is 0 Å². The van der Waals surface area contributed by atoms with Crippen molar-refractivity contribution in [2.45, 2.75) is 90.0 Å². The van der Waals surface area contributed by atoms with E-state index in [1.54, 1.807) is 0 Å². The summed E-state index contributed by atoms with van der Waals surface area (Å²) in [6, 6.07) is -0.887. The number of aliphatic carboxylic acids is 1. The third-order valence-corrected chi connectivity index (χ3v) is 3.76. The van der Waals surface area contributed by atoms with Gasteiger partial charge in [-0.15, -0.1) is 0 Å². The number of hydrogen-bond donors (Lipinski definition) is 2. The molecular formula is C17H35NO3. The number of carboxylic acid groups (broad SMARTS) is 1. The van der Waals surface area contributed by atoms with E-state index in [9.17, 15) is 4.79 Å². The molecule has 0 bridgehead atoms. The lowest BCUT2D eigenvalue weighted by Gasteiger charge is -2.07. The molecule has 0 spiro atoms. The Hall–Kier alpha value is -0.610. The lowest BCUT2D eigenvalue weighted by Crippen LogP contribution is -2.34. The average Bonchev–Trinajstić information content (AvgIpc) is 2.47. The first kappa shape index (κ1) is 20.4. The molecule has 0 aromatic heterocycles. The summed E-state index contributed by atoms with van der Waals surface area (Å²) in [4.78, 5) is 10.5. The number of hydrogen-bond acceptors (Lipinski definition) is 3. The van der Waals surface area contributed by atoms with Gasteiger partial charge < -0.3 is 15.6 Å². The zero-order valence-electron chi connectivity index (χ0n) is 13.8. The summed E-state index contributed by atoms with van der Waals surface area (Å²) in [5.41, 5.74) is 5.34. The van der Waals surface area contributed by atoms with Gasteiger partial charge in [-0.05, 0) is 6.42 Å². The van der Waals surface area contributed by atoms with E-state index in [1.165, 1.54) is 70.6 Å². The minimum Gasteiger partial charge on any atom is -0.480 e. The first-order valence-electron chi connectivity index (χ1n) is 8.74. The third kappa shape index (κ3) is 15.6. The van der Waals surface area contributed by atoms with Crippen LogP contribution in [0.25, 0.3) is 0 Å². The molecule has 4 heteroatoms. The van der Waals surface area contributed by atoms with Gasteiger partial charge in [-0.3, -0.25) is 4.79 Å². The van der Waals surface area contributed by atoms with Crippen LogP contribution in [0.15, 0.2) is 0 Å². The first-order valence-corrected chi connectivity index (χ1v) is 8.74. The molecule has 0 heterocycles. The van der Waals surface area contributed by atoms with Crippen LogP contribution in [-0.4, -0.2) is 30.3 Å². The topological polar surface area (TPSA) is 72.5 Å². The highest BCUT2D eigenvalue weighted by molar-refractivity contribution is 5.73. The third-order valence-electron chi connectivity index (χ3n) is 3.76. The number of nitrogens with two attached hydrogens (primary N) is 1. The average molecular weight is 301 g/mol. The fraction of sp³-hybridized carbons (Fsp3) is 0.941. The molecule has 0 aromatic rings. The molecule has 21 heavy (non-hydrogen) atoms. The van der Waals surface area contributed by atoms with Crippen LogP contribution < -0.4 is 5.73 Å². The molecule has 0 saturated heterocycles. The van der Waals surface area contributed by atoms with Crippen LogP contribution in [-0.2, 0) is 9.53 Å². The molecule has 126 valence electrons. The van der Waals surface area contributed by atoms with Crippen molar-refractivity contribution in [3.05, 3.63) is 0 Å². The van der Waals surface area contributed by atoms with Crippen molar-refractivity contribution < 1.29 is 14.6 Å². The first-order chi connectivity index (χ1) is 10.2. The van der Waals surface area contributed by atoms with Gasteiger partial charge in [0.15, 0.2) is 0 Å². The summed E-state index contributed by atoms with van der Waals surface area (Å²) in [5, 5.41) is 8.58. The molecule has 1 atom stereocenters. The van der Waals surface area contributed by atoms with E-state index >= 15 is 0 Å². The van der Waals surface area contributed by atoms with Gasteiger partial charge in [0.05, 0.1) is 6.61 Å². The highest BCUT2D eigenvalue weighted by Crippen LogP contribution is 2.11. The standard InChI is InChI=1S/C17H35NO3/c1-2-3-4-5-6-7-8-9-10-11-12-13-14-21-15-16(18)17(19)20/h16H,2-15,18H2,1H3,(H,19,20)/t16-/m0/s1. The minimum atomic E-state index is -0.996. The summed E-state index contributed by atoms with van der Waals surface area (Å²) < 4.78 is 5.24. The van der Waals surface area contributed by atoms with Gasteiger partial charge in [-0.2, -0.15) is 0 Å². The smallest absolute Gasteiger partial charge is 0.322 e. The number of ether oxygens (including phenoxy) is 1. The molecule has 3 N–H and O–H groups in total. The van der Waals surface area contributed by atoms with Gasteiger partial charge >= 0.3 is 5.97 Å². The Morgan fingerprint density at radius 3 is 1.76 bits per heavy atom. The van der Waals surface area contributed by atoms with Crippen molar-refractivity contribution in [1.82, 2.24) is 0 Å². The number of carboxylic acids is 1. The zero-order chi connectivity index (χ0) is 15.8. The van der Waals surface area contributed by atoms with Crippen molar-refractivity contribution in [1.29, 1.82) is 0 Å². The fourth-order valence-corrected chi connectivity index (χ4v) is 2.33. The maximum atomic E-state index is 10.5. The van der Waals surface area contributed by atoms with Crippen molar-refractivity contribution in [3.8, 4) is 0 Å². The van der Waals surface area contributed by atoms with Crippen LogP contribution in [0.4, 0.5) is 0 Å². The summed E-state index contributed by atoms with van der Waals surface area (Å²) in [6.07, 6.45) is 15.8. The second-order valence-electron chi connectivity index (χ2n) is 5.91. The van der Waals surface area contributed by atoms with Gasteiger partial charge in [0.25, 0.3) is 0 Å². The molecular weight excluding hydrogens is 266 g/mol. The van der Waals surface area contributed by atoms with Crippen LogP contribution in [0.1, 0.15) is 84.0 Å². The SMILES string of the molecule is CCCCCCCCCCCCCCOC[C@H](N)C(=O)O. The van der Waals surface area contributed by atoms with Crippen LogP contribution in [0.5, 0.6) is 0 Å². The lowest BCUT2D eigenvalue weighted by atomic mass is 10.1. The van der Waals surface area contributed by atoms with Crippen LogP contribution >= 0.6 is 0 Å². The molecule has 0 unspecified atom stereocenters. The number of carbonyl (C=O) groups is 1. The molecule has 0 aliphatic rings. The molecule has 0 aromatic carbocycles. The van der Waals surface area contributed by atoms with E-state index in [-0.39, 0.29) is 6.61 Å². The van der Waals surface area contributed by atoms with Crippen molar-refractivity contribution >= 4 is 5.97 Å². The number of rotatable bonds is 16. The Morgan fingerprint density at radius 1 is 0.905 bits per heavy atom. The molecule has 0 saturated carbocycles. The Labute approximate surface area is 130 Å². The van der Waals surface area contributed by atoms with Gasteiger partial charge in [-0.1, -0.05) is 77.6 Å². The largest absolute Gasteiger partial charge is 0.480 e. The Kier molecular flexibility index (Phi) is 15.3. The summed E-state index contributed by atoms with van der Waals surface area (Å²) in [6.45, 7) is 3.00. The van der Waals surface area contributed by atoms with E-state index < -0.39 is 12.0 Å². The lowest BCUT2D eigenvalue weighted by molar-refractivity contribution is -0.140. The van der Waals surface area contributed by atoms with E-state index in [4.69, 9.17) is 15.6 Å².